The van der Waals surface area contributed by atoms with Crippen LogP contribution in [0.3, 0.4) is 0 Å². The molecule has 38 heavy (non-hydrogen) atoms. The molecule has 1 N–H and O–H groups in total. The normalized spacial score (nSPS) is 30.0. The van der Waals surface area contributed by atoms with E-state index in [0.29, 0.717) is 20.5 Å². The monoisotopic (exact) mass is 541 g/mol. The molecular formula is C32H32ClN3OS. The molecule has 4 aliphatic carbocycles. The number of carbonyl (C=O) groups excluding carboxylic acids is 1. The second-order valence-electron chi connectivity index (χ2n) is 11.9. The van der Waals surface area contributed by atoms with Crippen molar-refractivity contribution in [2.75, 3.05) is 0 Å². The van der Waals surface area contributed by atoms with Gasteiger partial charge >= 0.3 is 0 Å². The van der Waals surface area contributed by atoms with Crippen molar-refractivity contribution in [1.82, 2.24) is 9.88 Å². The number of hydrogen-bond donors (Lipinski definition) is 1. The van der Waals surface area contributed by atoms with Gasteiger partial charge in [0.15, 0.2) is 5.17 Å². The number of rotatable bonds is 4. The molecule has 4 nitrogen and oxygen atoms in total. The van der Waals surface area contributed by atoms with Crippen molar-refractivity contribution < 1.29 is 4.79 Å². The first-order valence-corrected chi connectivity index (χ1v) is 14.9. The standard InChI is InChI=1S/C32H32ClN3OS/c1-19-10-24(14-29-30(37)35-31(38-29)34-27-5-3-4-26(33)15-27)20(2)36(19)28-8-6-25(7-9-28)32-16-21-11-22(17-32)13-23(12-21)18-32/h3-10,14-15,21-23H,11-13,16-18H2,1-2H3,(H,34,35,37)/b29-14-. The molecule has 1 aromatic heterocycles. The number of nitrogens with one attached hydrogen (secondary N) is 1. The molecule has 4 saturated carbocycles. The van der Waals surface area contributed by atoms with E-state index >= 15 is 0 Å². The van der Waals surface area contributed by atoms with Gasteiger partial charge in [-0.15, -0.1) is 0 Å². The lowest BCUT2D eigenvalue weighted by molar-refractivity contribution is -0.115. The van der Waals surface area contributed by atoms with Crippen molar-refractivity contribution >= 4 is 46.2 Å². The summed E-state index contributed by atoms with van der Waals surface area (Å²) in [6.45, 7) is 4.26. The van der Waals surface area contributed by atoms with E-state index in [1.165, 1.54) is 56.0 Å². The van der Waals surface area contributed by atoms with Crippen molar-refractivity contribution in [2.24, 2.45) is 22.7 Å². The van der Waals surface area contributed by atoms with E-state index < -0.39 is 0 Å². The Morgan fingerprint density at radius 1 is 1.00 bits per heavy atom. The van der Waals surface area contributed by atoms with Crippen LogP contribution in [0.4, 0.5) is 5.69 Å². The van der Waals surface area contributed by atoms with Crippen molar-refractivity contribution in [3.05, 3.63) is 87.0 Å². The van der Waals surface area contributed by atoms with Gasteiger partial charge < -0.3 is 9.88 Å². The Bertz CT molecular complexity index is 1460. The number of amides is 1. The minimum atomic E-state index is -0.125. The van der Waals surface area contributed by atoms with Crippen molar-refractivity contribution in [2.45, 2.75) is 57.8 Å². The number of hydrogen-bond acceptors (Lipinski definition) is 3. The SMILES string of the molecule is Cc1cc(/C=C2\SC(=Nc3cccc(Cl)c3)NC2=O)c(C)n1-c1ccc(C23CC4CC(CC(C4)C2)C3)cc1. The van der Waals surface area contributed by atoms with Gasteiger partial charge in [0, 0.05) is 22.1 Å². The quantitative estimate of drug-likeness (QED) is 0.339. The number of benzene rings is 2. The first-order chi connectivity index (χ1) is 18.3. The summed E-state index contributed by atoms with van der Waals surface area (Å²) < 4.78 is 2.30. The number of carbonyl (C=O) groups is 1. The van der Waals surface area contributed by atoms with Crippen LogP contribution < -0.4 is 5.32 Å². The Labute approximate surface area is 233 Å². The predicted molar refractivity (Wildman–Crippen MR) is 157 cm³/mol. The molecule has 194 valence electrons. The number of nitrogens with zero attached hydrogens (tertiary/aromatic N) is 2. The average Bonchev–Trinajstić information content (AvgIpc) is 3.35. The molecular weight excluding hydrogens is 510 g/mol. The lowest BCUT2D eigenvalue weighted by atomic mass is 9.48. The molecule has 0 spiro atoms. The minimum Gasteiger partial charge on any atom is -0.318 e. The van der Waals surface area contributed by atoms with Gasteiger partial charge in [-0.25, -0.2) is 4.99 Å². The van der Waals surface area contributed by atoms with Crippen LogP contribution in [-0.4, -0.2) is 15.6 Å². The van der Waals surface area contributed by atoms with E-state index in [2.05, 4.69) is 59.1 Å². The Hall–Kier alpha value is -2.76. The molecule has 0 unspecified atom stereocenters. The third-order valence-corrected chi connectivity index (χ3v) is 10.4. The third kappa shape index (κ3) is 4.24. The highest BCUT2D eigenvalue weighted by atomic mass is 35.5. The van der Waals surface area contributed by atoms with Crippen LogP contribution in [0.15, 0.2) is 64.5 Å². The van der Waals surface area contributed by atoms with Crippen molar-refractivity contribution in [3.8, 4) is 5.69 Å². The Morgan fingerprint density at radius 2 is 1.68 bits per heavy atom. The Kier molecular flexibility index (Phi) is 5.86. The van der Waals surface area contributed by atoms with Gasteiger partial charge in [-0.05, 0) is 141 Å². The van der Waals surface area contributed by atoms with E-state index in [-0.39, 0.29) is 5.91 Å². The fourth-order valence-corrected chi connectivity index (χ4v) is 9.06. The fourth-order valence-electron chi connectivity index (χ4n) is 8.04. The van der Waals surface area contributed by atoms with Gasteiger partial charge in [0.05, 0.1) is 10.6 Å². The van der Waals surface area contributed by atoms with Crippen LogP contribution in [0.5, 0.6) is 0 Å². The van der Waals surface area contributed by atoms with Gasteiger partial charge in [-0.2, -0.15) is 0 Å². The molecule has 4 bridgehead atoms. The maximum Gasteiger partial charge on any atom is 0.264 e. The summed E-state index contributed by atoms with van der Waals surface area (Å²) >= 11 is 7.44. The fraction of sp³-hybridized carbons (Fsp3) is 0.375. The third-order valence-electron chi connectivity index (χ3n) is 9.22. The molecule has 3 aromatic rings. The summed E-state index contributed by atoms with van der Waals surface area (Å²) in [5, 5.41) is 4.07. The molecule has 5 aliphatic rings. The number of amidine groups is 1. The Balaban J connectivity index is 1.14. The number of aromatic nitrogens is 1. The summed E-state index contributed by atoms with van der Waals surface area (Å²) in [7, 11) is 0. The predicted octanol–water partition coefficient (Wildman–Crippen LogP) is 8.11. The van der Waals surface area contributed by atoms with E-state index in [9.17, 15) is 4.79 Å². The number of aliphatic imine (C=N–C) groups is 1. The summed E-state index contributed by atoms with van der Waals surface area (Å²) in [6.07, 6.45) is 10.6. The van der Waals surface area contributed by atoms with E-state index in [1.54, 1.807) is 11.6 Å². The zero-order chi connectivity index (χ0) is 26.0. The maximum absolute atomic E-state index is 12.7. The van der Waals surface area contributed by atoms with Crippen LogP contribution in [0, 0.1) is 31.6 Å². The van der Waals surface area contributed by atoms with E-state index in [1.807, 2.05) is 24.3 Å². The maximum atomic E-state index is 12.7. The highest BCUT2D eigenvalue weighted by Crippen LogP contribution is 2.60. The van der Waals surface area contributed by atoms with E-state index in [4.69, 9.17) is 11.6 Å². The first-order valence-electron chi connectivity index (χ1n) is 13.7. The second kappa shape index (κ2) is 9.17. The Morgan fingerprint density at radius 3 is 2.34 bits per heavy atom. The van der Waals surface area contributed by atoms with E-state index in [0.717, 1.165) is 40.4 Å². The lowest BCUT2D eigenvalue weighted by Crippen LogP contribution is -2.48. The topological polar surface area (TPSA) is 46.4 Å². The zero-order valence-electron chi connectivity index (χ0n) is 21.8. The smallest absolute Gasteiger partial charge is 0.264 e. The van der Waals surface area contributed by atoms with Crippen LogP contribution in [0.2, 0.25) is 5.02 Å². The highest BCUT2D eigenvalue weighted by molar-refractivity contribution is 8.18. The molecule has 2 aromatic carbocycles. The molecule has 0 atom stereocenters. The number of aryl methyl sites for hydroxylation is 1. The number of thioether (sulfide) groups is 1. The molecule has 8 rings (SSSR count). The van der Waals surface area contributed by atoms with Crippen molar-refractivity contribution in [1.29, 1.82) is 0 Å². The van der Waals surface area contributed by atoms with Gasteiger partial charge in [0.2, 0.25) is 0 Å². The van der Waals surface area contributed by atoms with Crippen LogP contribution >= 0.6 is 23.4 Å². The molecule has 0 radical (unpaired) electrons. The minimum absolute atomic E-state index is 0.125. The second-order valence-corrected chi connectivity index (χ2v) is 13.3. The largest absolute Gasteiger partial charge is 0.318 e. The molecule has 2 heterocycles. The molecule has 1 amide bonds. The van der Waals surface area contributed by atoms with Crippen LogP contribution in [-0.2, 0) is 10.2 Å². The molecule has 1 saturated heterocycles. The highest BCUT2D eigenvalue weighted by Gasteiger charge is 2.51. The van der Waals surface area contributed by atoms with Crippen LogP contribution in [0.1, 0.15) is 61.0 Å². The molecule has 6 heteroatoms. The molecule has 1 aliphatic heterocycles. The summed E-state index contributed by atoms with van der Waals surface area (Å²) in [5.74, 6) is 2.73. The lowest BCUT2D eigenvalue weighted by Gasteiger charge is -2.57. The van der Waals surface area contributed by atoms with Crippen molar-refractivity contribution in [3.63, 3.8) is 0 Å². The first kappa shape index (κ1) is 24.3. The number of halogens is 1. The summed E-state index contributed by atoms with van der Waals surface area (Å²) in [4.78, 5) is 17.9. The zero-order valence-corrected chi connectivity index (χ0v) is 23.4. The van der Waals surface area contributed by atoms with Gasteiger partial charge in [0.25, 0.3) is 5.91 Å². The summed E-state index contributed by atoms with van der Waals surface area (Å²) in [5.41, 5.74) is 7.21. The average molecular weight is 542 g/mol. The van der Waals surface area contributed by atoms with Crippen LogP contribution in [0.25, 0.3) is 11.8 Å². The van der Waals surface area contributed by atoms with Gasteiger partial charge in [0.1, 0.15) is 0 Å². The van der Waals surface area contributed by atoms with Gasteiger partial charge in [-0.1, -0.05) is 29.8 Å². The summed E-state index contributed by atoms with van der Waals surface area (Å²) in [6, 6.07) is 18.9. The molecule has 5 fully saturated rings. The van der Waals surface area contributed by atoms with Gasteiger partial charge in [-0.3, -0.25) is 4.79 Å².